The van der Waals surface area contributed by atoms with Crippen molar-refractivity contribution in [2.75, 3.05) is 19.7 Å². The number of carbonyl (C=O) groups is 3. The van der Waals surface area contributed by atoms with Crippen LogP contribution < -0.4 is 0 Å². The summed E-state index contributed by atoms with van der Waals surface area (Å²) in [6.45, 7) is 0.635. The van der Waals surface area contributed by atoms with Gasteiger partial charge in [0.15, 0.2) is 6.61 Å². The molecule has 2 saturated heterocycles. The van der Waals surface area contributed by atoms with Crippen molar-refractivity contribution >= 4 is 35.6 Å². The van der Waals surface area contributed by atoms with E-state index in [9.17, 15) is 14.4 Å². The Morgan fingerprint density at radius 3 is 2.65 bits per heavy atom. The largest absolute Gasteiger partial charge is 0.439 e. The molecule has 0 radical (unpaired) electrons. The Kier molecular flexibility index (Phi) is 4.34. The monoisotopic (exact) mass is 334 g/mol. The third-order valence-electron chi connectivity index (χ3n) is 3.91. The van der Waals surface area contributed by atoms with Gasteiger partial charge in [-0.05, 0) is 30.2 Å². The van der Waals surface area contributed by atoms with Gasteiger partial charge in [-0.2, -0.15) is 0 Å². The summed E-state index contributed by atoms with van der Waals surface area (Å²) in [4.78, 5) is 38.1. The lowest BCUT2D eigenvalue weighted by atomic mass is 10.2. The number of cyclic esters (lactones) is 1. The number of imide groups is 1. The van der Waals surface area contributed by atoms with Gasteiger partial charge < -0.3 is 9.64 Å². The number of ether oxygens (including phenoxy) is 1. The molecule has 0 bridgehead atoms. The van der Waals surface area contributed by atoms with Crippen LogP contribution in [-0.4, -0.2) is 53.4 Å². The molecule has 0 saturated carbocycles. The predicted octanol–water partition coefficient (Wildman–Crippen LogP) is 1.93. The van der Waals surface area contributed by atoms with Crippen LogP contribution >= 0.6 is 11.6 Å². The van der Waals surface area contributed by atoms with Crippen LogP contribution in [-0.2, 0) is 14.3 Å². The van der Waals surface area contributed by atoms with E-state index in [4.69, 9.17) is 16.3 Å². The first-order valence-corrected chi connectivity index (χ1v) is 7.64. The molecule has 2 aliphatic heterocycles. The molecule has 1 aromatic carbocycles. The molecule has 0 aromatic heterocycles. The zero-order chi connectivity index (χ0) is 16.4. The molecule has 0 aliphatic carbocycles. The molecular formula is C16H15ClN2O4. The minimum Gasteiger partial charge on any atom is -0.439 e. The maximum absolute atomic E-state index is 12.2. The number of amides is 3. The normalized spacial score (nSPS) is 21.3. The molecule has 3 amide bonds. The van der Waals surface area contributed by atoms with E-state index in [1.807, 2.05) is 12.1 Å². The molecule has 2 fully saturated rings. The third-order valence-corrected chi connectivity index (χ3v) is 4.17. The average Bonchev–Trinajstić information content (AvgIpc) is 3.13. The summed E-state index contributed by atoms with van der Waals surface area (Å²) < 4.78 is 4.71. The fourth-order valence-electron chi connectivity index (χ4n) is 2.72. The van der Waals surface area contributed by atoms with Gasteiger partial charge in [0.25, 0.3) is 5.91 Å². The number of carbonyl (C=O) groups excluding carboxylic acids is 3. The molecule has 0 spiro atoms. The Morgan fingerprint density at radius 2 is 2.00 bits per heavy atom. The lowest BCUT2D eigenvalue weighted by Crippen LogP contribution is -2.41. The molecule has 2 heterocycles. The van der Waals surface area contributed by atoms with Crippen molar-refractivity contribution in [2.45, 2.75) is 12.5 Å². The van der Waals surface area contributed by atoms with E-state index in [0.717, 1.165) is 10.5 Å². The van der Waals surface area contributed by atoms with E-state index >= 15 is 0 Å². The first-order chi connectivity index (χ1) is 11.0. The van der Waals surface area contributed by atoms with Gasteiger partial charge in [0, 0.05) is 24.2 Å². The maximum atomic E-state index is 12.2. The van der Waals surface area contributed by atoms with Crippen molar-refractivity contribution in [3.8, 4) is 0 Å². The molecule has 3 rings (SSSR count). The number of benzene rings is 1. The van der Waals surface area contributed by atoms with Gasteiger partial charge in [-0.25, -0.2) is 9.69 Å². The first kappa shape index (κ1) is 15.6. The topological polar surface area (TPSA) is 66.9 Å². The van der Waals surface area contributed by atoms with Crippen LogP contribution in [0.5, 0.6) is 0 Å². The van der Waals surface area contributed by atoms with Crippen LogP contribution in [0.3, 0.4) is 0 Å². The van der Waals surface area contributed by atoms with Crippen molar-refractivity contribution in [1.29, 1.82) is 0 Å². The number of nitrogens with zero attached hydrogens (tertiary/aromatic N) is 2. The Hall–Kier alpha value is -2.34. The zero-order valence-corrected chi connectivity index (χ0v) is 13.0. The van der Waals surface area contributed by atoms with Crippen molar-refractivity contribution < 1.29 is 19.1 Å². The van der Waals surface area contributed by atoms with E-state index < -0.39 is 6.09 Å². The minimum absolute atomic E-state index is 0.150. The lowest BCUT2D eigenvalue weighted by Gasteiger charge is -2.19. The predicted molar refractivity (Wildman–Crippen MR) is 83.7 cm³/mol. The van der Waals surface area contributed by atoms with Crippen LogP contribution in [0.2, 0.25) is 5.02 Å². The van der Waals surface area contributed by atoms with Crippen LogP contribution in [0.25, 0.3) is 6.08 Å². The minimum atomic E-state index is -0.619. The summed E-state index contributed by atoms with van der Waals surface area (Å²) in [5.41, 5.74) is 0.872. The summed E-state index contributed by atoms with van der Waals surface area (Å²) in [6.07, 6.45) is 3.14. The standard InChI is InChI=1S/C16H15ClN2O4/c17-12-4-1-11(2-5-12)3-6-14(20)18-8-7-13(9-18)19-15(21)10-23-16(19)22/h1-6,13H,7-10H2/b6-3+/t13-/m1/s1. The van der Waals surface area contributed by atoms with Crippen molar-refractivity contribution in [3.05, 3.63) is 40.9 Å². The van der Waals surface area contributed by atoms with Crippen LogP contribution in [0.1, 0.15) is 12.0 Å². The highest BCUT2D eigenvalue weighted by Crippen LogP contribution is 2.20. The van der Waals surface area contributed by atoms with Crippen molar-refractivity contribution in [1.82, 2.24) is 9.80 Å². The van der Waals surface area contributed by atoms with E-state index in [-0.39, 0.29) is 24.5 Å². The summed E-state index contributed by atoms with van der Waals surface area (Å²) in [7, 11) is 0. The second kappa shape index (κ2) is 6.42. The maximum Gasteiger partial charge on any atom is 0.417 e. The molecule has 1 atom stereocenters. The van der Waals surface area contributed by atoms with E-state index in [2.05, 4.69) is 0 Å². The number of hydrogen-bond acceptors (Lipinski definition) is 4. The lowest BCUT2D eigenvalue weighted by molar-refractivity contribution is -0.128. The molecule has 0 unspecified atom stereocenters. The number of hydrogen-bond donors (Lipinski definition) is 0. The highest BCUT2D eigenvalue weighted by molar-refractivity contribution is 6.30. The van der Waals surface area contributed by atoms with Gasteiger partial charge in [0.2, 0.25) is 5.91 Å². The summed E-state index contributed by atoms with van der Waals surface area (Å²) >= 11 is 5.81. The summed E-state index contributed by atoms with van der Waals surface area (Å²) in [6, 6.07) is 6.84. The van der Waals surface area contributed by atoms with Crippen molar-refractivity contribution in [3.63, 3.8) is 0 Å². The van der Waals surface area contributed by atoms with E-state index in [0.29, 0.717) is 24.5 Å². The Balaban J connectivity index is 1.60. The highest BCUT2D eigenvalue weighted by Gasteiger charge is 2.40. The molecule has 120 valence electrons. The molecule has 7 heteroatoms. The van der Waals surface area contributed by atoms with Gasteiger partial charge in [0.1, 0.15) is 0 Å². The van der Waals surface area contributed by atoms with Gasteiger partial charge in [0.05, 0.1) is 6.04 Å². The van der Waals surface area contributed by atoms with Gasteiger partial charge in [-0.3, -0.25) is 9.59 Å². The molecule has 23 heavy (non-hydrogen) atoms. The molecule has 6 nitrogen and oxygen atoms in total. The second-order valence-electron chi connectivity index (χ2n) is 5.43. The number of rotatable bonds is 3. The Bertz CT molecular complexity index is 655. The Labute approximate surface area is 138 Å². The summed E-state index contributed by atoms with van der Waals surface area (Å²) in [5, 5.41) is 0.637. The van der Waals surface area contributed by atoms with Crippen LogP contribution in [0.4, 0.5) is 4.79 Å². The van der Waals surface area contributed by atoms with Gasteiger partial charge in [-0.15, -0.1) is 0 Å². The van der Waals surface area contributed by atoms with Gasteiger partial charge in [-0.1, -0.05) is 23.7 Å². The molecule has 0 N–H and O–H groups in total. The van der Waals surface area contributed by atoms with E-state index in [1.54, 1.807) is 23.1 Å². The fraction of sp³-hybridized carbons (Fsp3) is 0.312. The first-order valence-electron chi connectivity index (χ1n) is 7.26. The summed E-state index contributed by atoms with van der Waals surface area (Å²) in [5.74, 6) is -0.492. The number of likely N-dealkylation sites (tertiary alicyclic amines) is 1. The smallest absolute Gasteiger partial charge is 0.417 e. The fourth-order valence-corrected chi connectivity index (χ4v) is 2.84. The van der Waals surface area contributed by atoms with Crippen LogP contribution in [0, 0.1) is 0 Å². The SMILES string of the molecule is O=C(/C=C/c1ccc(Cl)cc1)N1CC[C@@H](N2C(=O)COC2=O)C1. The Morgan fingerprint density at radius 1 is 1.26 bits per heavy atom. The van der Waals surface area contributed by atoms with E-state index in [1.165, 1.54) is 6.08 Å². The van der Waals surface area contributed by atoms with Gasteiger partial charge >= 0.3 is 6.09 Å². The second-order valence-corrected chi connectivity index (χ2v) is 5.87. The number of halogens is 1. The van der Waals surface area contributed by atoms with Crippen LogP contribution in [0.15, 0.2) is 30.3 Å². The zero-order valence-electron chi connectivity index (χ0n) is 12.3. The molecule has 1 aromatic rings. The van der Waals surface area contributed by atoms with Crippen molar-refractivity contribution in [2.24, 2.45) is 0 Å². The molecule has 2 aliphatic rings. The average molecular weight is 335 g/mol. The third kappa shape index (κ3) is 3.37. The highest BCUT2D eigenvalue weighted by atomic mass is 35.5. The molecular weight excluding hydrogens is 320 g/mol. The quantitative estimate of drug-likeness (QED) is 0.792.